The molecule has 1 fully saturated rings. The maximum atomic E-state index is 12.1. The van der Waals surface area contributed by atoms with Crippen molar-refractivity contribution in [1.82, 2.24) is 14.9 Å². The van der Waals surface area contributed by atoms with E-state index in [2.05, 4.69) is 35.6 Å². The SMILES string of the molecule is CC(C)(C)n1ccnc1SCC(=O)NC1(CO)CCCC1. The lowest BCUT2D eigenvalue weighted by Gasteiger charge is -2.28. The number of aliphatic hydroxyl groups excluding tert-OH is 1. The minimum atomic E-state index is -0.392. The van der Waals surface area contributed by atoms with Crippen LogP contribution in [0.2, 0.25) is 0 Å². The fourth-order valence-electron chi connectivity index (χ4n) is 2.74. The van der Waals surface area contributed by atoms with E-state index in [1.54, 1.807) is 6.20 Å². The summed E-state index contributed by atoms with van der Waals surface area (Å²) < 4.78 is 2.07. The van der Waals surface area contributed by atoms with Crippen molar-refractivity contribution in [1.29, 1.82) is 0 Å². The first-order chi connectivity index (χ1) is 9.86. The summed E-state index contributed by atoms with van der Waals surface area (Å²) in [6.07, 6.45) is 7.59. The van der Waals surface area contributed by atoms with Crippen molar-refractivity contribution >= 4 is 17.7 Å². The summed E-state index contributed by atoms with van der Waals surface area (Å²) >= 11 is 1.44. The molecule has 0 unspecified atom stereocenters. The number of amides is 1. The normalized spacial score (nSPS) is 17.9. The predicted molar refractivity (Wildman–Crippen MR) is 84.4 cm³/mol. The lowest BCUT2D eigenvalue weighted by Crippen LogP contribution is -2.49. The van der Waals surface area contributed by atoms with Crippen LogP contribution < -0.4 is 5.32 Å². The number of aliphatic hydroxyl groups is 1. The molecule has 0 atom stereocenters. The van der Waals surface area contributed by atoms with Gasteiger partial charge in [0, 0.05) is 17.9 Å². The van der Waals surface area contributed by atoms with E-state index in [1.165, 1.54) is 11.8 Å². The Labute approximate surface area is 130 Å². The average Bonchev–Trinajstić information content (AvgIpc) is 3.04. The predicted octanol–water partition coefficient (Wildman–Crippen LogP) is 2.15. The van der Waals surface area contributed by atoms with Crippen LogP contribution in [0.25, 0.3) is 0 Å². The second-order valence-corrected chi connectivity index (χ2v) is 7.68. The molecule has 5 nitrogen and oxygen atoms in total. The largest absolute Gasteiger partial charge is 0.394 e. The van der Waals surface area contributed by atoms with E-state index in [4.69, 9.17) is 0 Å². The lowest BCUT2D eigenvalue weighted by molar-refractivity contribution is -0.121. The van der Waals surface area contributed by atoms with Gasteiger partial charge < -0.3 is 15.0 Å². The molecule has 0 spiro atoms. The smallest absolute Gasteiger partial charge is 0.230 e. The van der Waals surface area contributed by atoms with Gasteiger partial charge in [-0.1, -0.05) is 24.6 Å². The Balaban J connectivity index is 1.91. The van der Waals surface area contributed by atoms with Gasteiger partial charge in [-0.2, -0.15) is 0 Å². The van der Waals surface area contributed by atoms with Gasteiger partial charge in [-0.25, -0.2) is 4.98 Å². The van der Waals surface area contributed by atoms with Crippen molar-refractivity contribution in [2.45, 2.75) is 62.7 Å². The summed E-state index contributed by atoms with van der Waals surface area (Å²) in [5, 5.41) is 13.4. The van der Waals surface area contributed by atoms with Crippen molar-refractivity contribution in [3.8, 4) is 0 Å². The highest BCUT2D eigenvalue weighted by atomic mass is 32.2. The second-order valence-electron chi connectivity index (χ2n) is 6.73. The first-order valence-electron chi connectivity index (χ1n) is 7.45. The van der Waals surface area contributed by atoms with Gasteiger partial charge in [-0.3, -0.25) is 4.79 Å². The van der Waals surface area contributed by atoms with Crippen molar-refractivity contribution < 1.29 is 9.90 Å². The Bertz CT molecular complexity index is 487. The van der Waals surface area contributed by atoms with Crippen molar-refractivity contribution in [2.24, 2.45) is 0 Å². The van der Waals surface area contributed by atoms with Gasteiger partial charge in [0.1, 0.15) is 0 Å². The second kappa shape index (κ2) is 6.40. The molecule has 2 rings (SSSR count). The number of rotatable bonds is 5. The van der Waals surface area contributed by atoms with E-state index in [1.807, 2.05) is 6.20 Å². The topological polar surface area (TPSA) is 67.2 Å². The lowest BCUT2D eigenvalue weighted by atomic mass is 9.99. The number of hydrogen-bond donors (Lipinski definition) is 2. The number of aromatic nitrogens is 2. The molecule has 1 aliphatic rings. The van der Waals surface area contributed by atoms with Gasteiger partial charge in [0.25, 0.3) is 0 Å². The first kappa shape index (κ1) is 16.4. The Morgan fingerprint density at radius 1 is 1.48 bits per heavy atom. The Morgan fingerprint density at radius 2 is 2.14 bits per heavy atom. The molecule has 2 N–H and O–H groups in total. The maximum absolute atomic E-state index is 12.1. The summed E-state index contributed by atoms with van der Waals surface area (Å²) in [5.41, 5.74) is -0.440. The Kier molecular flexibility index (Phi) is 4.99. The fraction of sp³-hybridized carbons (Fsp3) is 0.733. The standard InChI is InChI=1S/C15H25N3O2S/c1-14(2,3)18-9-8-16-13(18)21-10-12(20)17-15(11-19)6-4-5-7-15/h8-9,19H,4-7,10-11H2,1-3H3,(H,17,20). The third kappa shape index (κ3) is 4.01. The van der Waals surface area contributed by atoms with Crippen LogP contribution >= 0.6 is 11.8 Å². The van der Waals surface area contributed by atoms with Gasteiger partial charge in [0.15, 0.2) is 5.16 Å². The quantitative estimate of drug-likeness (QED) is 0.818. The number of nitrogens with zero attached hydrogens (tertiary/aromatic N) is 2. The molecule has 21 heavy (non-hydrogen) atoms. The summed E-state index contributed by atoms with van der Waals surface area (Å²) in [6.45, 7) is 6.36. The number of hydrogen-bond acceptors (Lipinski definition) is 4. The number of carbonyl (C=O) groups excluding carboxylic acids is 1. The molecule has 118 valence electrons. The van der Waals surface area contributed by atoms with Crippen LogP contribution in [-0.4, -0.2) is 38.5 Å². The molecule has 0 saturated heterocycles. The molecule has 0 aromatic carbocycles. The van der Waals surface area contributed by atoms with Crippen LogP contribution in [0.1, 0.15) is 46.5 Å². The molecule has 0 radical (unpaired) electrons. The number of nitrogens with one attached hydrogen (secondary N) is 1. The zero-order chi connectivity index (χ0) is 15.5. The third-order valence-corrected chi connectivity index (χ3v) is 4.90. The molecular formula is C15H25N3O2S. The summed E-state index contributed by atoms with van der Waals surface area (Å²) in [7, 11) is 0. The zero-order valence-electron chi connectivity index (χ0n) is 13.1. The van der Waals surface area contributed by atoms with Crippen LogP contribution in [0.3, 0.4) is 0 Å². The van der Waals surface area contributed by atoms with Crippen molar-refractivity contribution in [2.75, 3.05) is 12.4 Å². The van der Waals surface area contributed by atoms with Crippen LogP contribution in [0.5, 0.6) is 0 Å². The van der Waals surface area contributed by atoms with Crippen LogP contribution in [0, 0.1) is 0 Å². The molecule has 1 saturated carbocycles. The van der Waals surface area contributed by atoms with E-state index >= 15 is 0 Å². The molecule has 1 heterocycles. The first-order valence-corrected chi connectivity index (χ1v) is 8.43. The summed E-state index contributed by atoms with van der Waals surface area (Å²) in [5.74, 6) is 0.300. The highest BCUT2D eigenvalue weighted by molar-refractivity contribution is 7.99. The van der Waals surface area contributed by atoms with E-state index in [-0.39, 0.29) is 18.1 Å². The highest BCUT2D eigenvalue weighted by Gasteiger charge is 2.34. The van der Waals surface area contributed by atoms with E-state index in [9.17, 15) is 9.90 Å². The summed E-state index contributed by atoms with van der Waals surface area (Å²) in [6, 6.07) is 0. The molecule has 1 amide bonds. The zero-order valence-corrected chi connectivity index (χ0v) is 13.9. The highest BCUT2D eigenvalue weighted by Crippen LogP contribution is 2.29. The Hall–Kier alpha value is -1.01. The molecule has 1 aliphatic carbocycles. The van der Waals surface area contributed by atoms with Crippen LogP contribution in [0.4, 0.5) is 0 Å². The Morgan fingerprint density at radius 3 is 2.71 bits per heavy atom. The molecule has 1 aromatic heterocycles. The van der Waals surface area contributed by atoms with E-state index < -0.39 is 5.54 Å². The minimum absolute atomic E-state index is 0.0278. The van der Waals surface area contributed by atoms with Crippen LogP contribution in [-0.2, 0) is 10.3 Å². The van der Waals surface area contributed by atoms with Gasteiger partial charge in [0.2, 0.25) is 5.91 Å². The number of thioether (sulfide) groups is 1. The van der Waals surface area contributed by atoms with Gasteiger partial charge in [-0.15, -0.1) is 0 Å². The van der Waals surface area contributed by atoms with Crippen molar-refractivity contribution in [3.63, 3.8) is 0 Å². The molecular weight excluding hydrogens is 286 g/mol. The van der Waals surface area contributed by atoms with Gasteiger partial charge >= 0.3 is 0 Å². The third-order valence-electron chi connectivity index (χ3n) is 3.93. The molecule has 1 aromatic rings. The van der Waals surface area contributed by atoms with E-state index in [0.29, 0.717) is 5.75 Å². The molecule has 0 bridgehead atoms. The average molecular weight is 311 g/mol. The van der Waals surface area contributed by atoms with Crippen LogP contribution in [0.15, 0.2) is 17.6 Å². The monoisotopic (exact) mass is 311 g/mol. The fourth-order valence-corrected chi connectivity index (χ4v) is 3.68. The van der Waals surface area contributed by atoms with Gasteiger partial charge in [0.05, 0.1) is 17.9 Å². The maximum Gasteiger partial charge on any atom is 0.230 e. The molecule has 6 heteroatoms. The minimum Gasteiger partial charge on any atom is -0.394 e. The van der Waals surface area contributed by atoms with Gasteiger partial charge in [-0.05, 0) is 33.6 Å². The molecule has 0 aliphatic heterocycles. The number of imidazole rings is 1. The van der Waals surface area contributed by atoms with Crippen molar-refractivity contribution in [3.05, 3.63) is 12.4 Å². The summed E-state index contributed by atoms with van der Waals surface area (Å²) in [4.78, 5) is 16.5. The van der Waals surface area contributed by atoms with E-state index in [0.717, 1.165) is 30.8 Å². The number of carbonyl (C=O) groups is 1.